The van der Waals surface area contributed by atoms with Gasteiger partial charge < -0.3 is 0 Å². The maximum Gasteiger partial charge on any atom is -0.0307 e. The minimum atomic E-state index is 0. The fourth-order valence-corrected chi connectivity index (χ4v) is 0.714. The summed E-state index contributed by atoms with van der Waals surface area (Å²) >= 11 is 0. The van der Waals surface area contributed by atoms with E-state index >= 15 is 0 Å². The predicted molar refractivity (Wildman–Crippen MR) is 47.4 cm³/mol. The fraction of sp³-hybridized carbons (Fsp3) is 0.250. The van der Waals surface area contributed by atoms with Crippen molar-refractivity contribution in [3.8, 4) is 0 Å². The van der Waals surface area contributed by atoms with E-state index < -0.39 is 0 Å². The molecular weight excluding hydrogens is 128 g/mol. The van der Waals surface area contributed by atoms with E-state index in [0.29, 0.717) is 0 Å². The average Bonchev–Trinajstić information content (AvgIpc) is 1.90. The molecule has 1 aromatic rings. The van der Waals surface area contributed by atoms with Gasteiger partial charge in [0.05, 0.1) is 0 Å². The SMILES string of the molecule is CCc1ccccc1.[SH3+]. The van der Waals surface area contributed by atoms with E-state index in [1.165, 1.54) is 5.56 Å². The van der Waals surface area contributed by atoms with Crippen LogP contribution in [-0.2, 0) is 19.9 Å². The second-order valence-electron chi connectivity index (χ2n) is 1.84. The Morgan fingerprint density at radius 1 is 1.11 bits per heavy atom. The molecule has 0 heterocycles. The molecule has 0 nitrogen and oxygen atoms in total. The minimum Gasteiger partial charge on any atom is -0.0622 e. The Kier molecular flexibility index (Phi) is 4.24. The van der Waals surface area contributed by atoms with E-state index in [4.69, 9.17) is 0 Å². The van der Waals surface area contributed by atoms with Gasteiger partial charge in [0.2, 0.25) is 0 Å². The van der Waals surface area contributed by atoms with Crippen molar-refractivity contribution < 1.29 is 0 Å². The van der Waals surface area contributed by atoms with Crippen LogP contribution in [0, 0.1) is 0 Å². The van der Waals surface area contributed by atoms with Crippen molar-refractivity contribution in [3.63, 3.8) is 0 Å². The highest BCUT2D eigenvalue weighted by atomic mass is 32.1. The molecule has 50 valence electrons. The second kappa shape index (κ2) is 4.45. The van der Waals surface area contributed by atoms with Crippen LogP contribution in [0.2, 0.25) is 0 Å². The molecule has 0 unspecified atom stereocenters. The molecule has 0 atom stereocenters. The lowest BCUT2D eigenvalue weighted by Crippen LogP contribution is -1.73. The standard InChI is InChI=1S/C8H10.H2S/c1-2-8-6-4-3-5-7-8;/h3-7H,2H2,1H3;1H2/p+1. The highest BCUT2D eigenvalue weighted by Gasteiger charge is 1.79. The summed E-state index contributed by atoms with van der Waals surface area (Å²) in [5.74, 6) is 0. The molecule has 0 aliphatic rings. The van der Waals surface area contributed by atoms with Crippen LogP contribution in [-0.4, -0.2) is 0 Å². The van der Waals surface area contributed by atoms with Crippen LogP contribution in [0.5, 0.6) is 0 Å². The van der Waals surface area contributed by atoms with E-state index in [2.05, 4.69) is 31.2 Å². The lowest BCUT2D eigenvalue weighted by atomic mass is 10.2. The highest BCUT2D eigenvalue weighted by Crippen LogP contribution is 1.96. The monoisotopic (exact) mass is 141 g/mol. The number of rotatable bonds is 1. The summed E-state index contributed by atoms with van der Waals surface area (Å²) in [6.07, 6.45) is 1.14. The predicted octanol–water partition coefficient (Wildman–Crippen LogP) is 1.44. The molecule has 0 aliphatic carbocycles. The quantitative estimate of drug-likeness (QED) is 0.519. The second-order valence-corrected chi connectivity index (χ2v) is 1.84. The highest BCUT2D eigenvalue weighted by molar-refractivity contribution is 7.37. The van der Waals surface area contributed by atoms with E-state index in [1.54, 1.807) is 0 Å². The molecule has 9 heavy (non-hydrogen) atoms. The molecule has 1 heteroatoms. The minimum absolute atomic E-state index is 0. The molecule has 0 bridgehead atoms. The molecule has 0 spiro atoms. The van der Waals surface area contributed by atoms with Gasteiger partial charge in [-0.15, -0.1) is 0 Å². The van der Waals surface area contributed by atoms with Gasteiger partial charge in [-0.2, -0.15) is 0 Å². The first-order valence-electron chi connectivity index (χ1n) is 2.97. The molecule has 1 rings (SSSR count). The van der Waals surface area contributed by atoms with Crippen molar-refractivity contribution in [2.24, 2.45) is 0 Å². The first-order chi connectivity index (χ1) is 3.93. The number of benzene rings is 1. The van der Waals surface area contributed by atoms with Crippen molar-refractivity contribution in [3.05, 3.63) is 35.9 Å². The van der Waals surface area contributed by atoms with Crippen molar-refractivity contribution >= 4 is 13.5 Å². The Bertz CT molecular complexity index is 146. The Morgan fingerprint density at radius 2 is 1.67 bits per heavy atom. The smallest absolute Gasteiger partial charge is 0.0307 e. The zero-order valence-corrected chi connectivity index (χ0v) is 6.83. The third-order valence-corrected chi connectivity index (χ3v) is 1.25. The van der Waals surface area contributed by atoms with E-state index in [9.17, 15) is 0 Å². The number of hydrogen-bond donors (Lipinski definition) is 0. The summed E-state index contributed by atoms with van der Waals surface area (Å²) in [5.41, 5.74) is 1.41. The fourth-order valence-electron chi connectivity index (χ4n) is 0.714. The van der Waals surface area contributed by atoms with Crippen molar-refractivity contribution in [2.45, 2.75) is 13.3 Å². The van der Waals surface area contributed by atoms with Crippen LogP contribution in [0.3, 0.4) is 0 Å². The van der Waals surface area contributed by atoms with Gasteiger partial charge in [0.15, 0.2) is 0 Å². The van der Waals surface area contributed by atoms with Gasteiger partial charge in [0, 0.05) is 0 Å². The van der Waals surface area contributed by atoms with Crippen molar-refractivity contribution in [1.29, 1.82) is 0 Å². The van der Waals surface area contributed by atoms with Crippen LogP contribution in [0.15, 0.2) is 30.3 Å². The van der Waals surface area contributed by atoms with Gasteiger partial charge in [-0.05, 0) is 12.0 Å². The number of hydrogen-bond acceptors (Lipinski definition) is 0. The molecule has 0 amide bonds. The van der Waals surface area contributed by atoms with Gasteiger partial charge >= 0.3 is 0 Å². The molecule has 0 radical (unpaired) electrons. The Hall–Kier alpha value is -0.430. The largest absolute Gasteiger partial charge is 0.0622 e. The van der Waals surface area contributed by atoms with Crippen LogP contribution in [0.25, 0.3) is 0 Å². The summed E-state index contributed by atoms with van der Waals surface area (Å²) in [7, 11) is 0. The third kappa shape index (κ3) is 2.56. The molecular formula is C8H13S+. The van der Waals surface area contributed by atoms with E-state index in [0.717, 1.165) is 6.42 Å². The van der Waals surface area contributed by atoms with Crippen LogP contribution in [0.4, 0.5) is 0 Å². The van der Waals surface area contributed by atoms with Gasteiger partial charge in [-0.1, -0.05) is 50.8 Å². The maximum absolute atomic E-state index is 2.16. The summed E-state index contributed by atoms with van der Waals surface area (Å²) in [5, 5.41) is 0. The summed E-state index contributed by atoms with van der Waals surface area (Å²) < 4.78 is 0. The summed E-state index contributed by atoms with van der Waals surface area (Å²) in [6.45, 7) is 2.16. The third-order valence-electron chi connectivity index (χ3n) is 1.25. The first kappa shape index (κ1) is 8.57. The Labute approximate surface area is 63.4 Å². The van der Waals surface area contributed by atoms with Gasteiger partial charge in [0.25, 0.3) is 0 Å². The zero-order chi connectivity index (χ0) is 5.82. The maximum atomic E-state index is 2.16. The first-order valence-corrected chi connectivity index (χ1v) is 2.97. The average molecular weight is 141 g/mol. The van der Waals surface area contributed by atoms with Gasteiger partial charge in [0.1, 0.15) is 0 Å². The number of aryl methyl sites for hydroxylation is 1. The lowest BCUT2D eigenvalue weighted by molar-refractivity contribution is 1.14. The Morgan fingerprint density at radius 3 is 2.00 bits per heavy atom. The van der Waals surface area contributed by atoms with Gasteiger partial charge in [-0.3, -0.25) is 0 Å². The normalized spacial score (nSPS) is 8.11. The molecule has 0 saturated heterocycles. The van der Waals surface area contributed by atoms with Crippen molar-refractivity contribution in [2.75, 3.05) is 0 Å². The van der Waals surface area contributed by atoms with Gasteiger partial charge in [-0.25, -0.2) is 0 Å². The summed E-state index contributed by atoms with van der Waals surface area (Å²) in [4.78, 5) is 0. The molecule has 1 aromatic carbocycles. The van der Waals surface area contributed by atoms with E-state index in [-0.39, 0.29) is 13.5 Å². The zero-order valence-electron chi connectivity index (χ0n) is 5.67. The Balaban J connectivity index is 0.000000640. The molecule has 0 fully saturated rings. The molecule has 0 saturated carbocycles. The molecule has 0 N–H and O–H groups in total. The van der Waals surface area contributed by atoms with Crippen LogP contribution >= 0.6 is 0 Å². The lowest BCUT2D eigenvalue weighted by Gasteiger charge is -1.89. The van der Waals surface area contributed by atoms with E-state index in [1.807, 2.05) is 6.07 Å². The van der Waals surface area contributed by atoms with Crippen molar-refractivity contribution in [1.82, 2.24) is 0 Å². The van der Waals surface area contributed by atoms with Crippen LogP contribution in [0.1, 0.15) is 12.5 Å². The topological polar surface area (TPSA) is 0 Å². The van der Waals surface area contributed by atoms with Crippen LogP contribution < -0.4 is 0 Å². The molecule has 0 aliphatic heterocycles. The molecule has 0 aromatic heterocycles. The summed E-state index contributed by atoms with van der Waals surface area (Å²) in [6, 6.07) is 10.5.